The molecule has 2 aromatic carbocycles. The predicted molar refractivity (Wildman–Crippen MR) is 133 cm³/mol. The summed E-state index contributed by atoms with van der Waals surface area (Å²) < 4.78 is 27.9. The molecule has 1 aliphatic rings. The van der Waals surface area contributed by atoms with Gasteiger partial charge in [-0.2, -0.15) is 5.10 Å². The van der Waals surface area contributed by atoms with Crippen LogP contribution in [0.1, 0.15) is 35.7 Å². The lowest BCUT2D eigenvalue weighted by Gasteiger charge is -2.14. The van der Waals surface area contributed by atoms with Crippen LogP contribution in [0.3, 0.4) is 0 Å². The van der Waals surface area contributed by atoms with E-state index >= 15 is 0 Å². The lowest BCUT2D eigenvalue weighted by Crippen LogP contribution is -2.28. The van der Waals surface area contributed by atoms with Crippen molar-refractivity contribution < 1.29 is 18.7 Å². The zero-order chi connectivity index (χ0) is 25.4. The van der Waals surface area contributed by atoms with E-state index in [1.165, 1.54) is 12.1 Å². The largest absolute Gasteiger partial charge is 0.454 e. The molecular weight excluding hydrogens is 463 g/mol. The Morgan fingerprint density at radius 1 is 1.14 bits per heavy atom. The highest BCUT2D eigenvalue weighted by molar-refractivity contribution is 5.85. The van der Waals surface area contributed by atoms with Crippen LogP contribution in [-0.2, 0) is 24.3 Å². The topological polar surface area (TPSA) is 87.4 Å². The average molecular weight is 491 g/mol. The molecule has 0 bridgehead atoms. The first-order valence-electron chi connectivity index (χ1n) is 11.9. The average Bonchev–Trinajstić information content (AvgIpc) is 3.47. The molecule has 0 atom stereocenters. The van der Waals surface area contributed by atoms with Gasteiger partial charge in [0.15, 0.2) is 11.5 Å². The molecule has 8 nitrogen and oxygen atoms in total. The standard InChI is InChI=1S/C27H27FN4O4/c1-4-31-26-25(17(3)30-32(26)20-7-5-6-19(28)13-20)16(2)21(27(31)34)9-11-24(33)29-14-18-8-10-22-23(12-18)36-15-35-22/h5-8,10,12-13H,4,9,11,14-15H2,1-3H3,(H,29,33). The van der Waals surface area contributed by atoms with E-state index < -0.39 is 0 Å². The normalized spacial score (nSPS) is 12.3. The van der Waals surface area contributed by atoms with Crippen molar-refractivity contribution in [3.63, 3.8) is 0 Å². The lowest BCUT2D eigenvalue weighted by molar-refractivity contribution is -0.121. The molecule has 0 spiro atoms. The number of carbonyl (C=O) groups is 1. The van der Waals surface area contributed by atoms with Crippen LogP contribution in [0.15, 0.2) is 47.3 Å². The van der Waals surface area contributed by atoms with Crippen LogP contribution in [-0.4, -0.2) is 27.0 Å². The summed E-state index contributed by atoms with van der Waals surface area (Å²) in [6, 6.07) is 11.7. The summed E-state index contributed by atoms with van der Waals surface area (Å²) in [5.74, 6) is 0.834. The highest BCUT2D eigenvalue weighted by atomic mass is 19.1. The second-order valence-electron chi connectivity index (χ2n) is 8.79. The Kier molecular flexibility index (Phi) is 6.22. The summed E-state index contributed by atoms with van der Waals surface area (Å²) >= 11 is 0. The minimum absolute atomic E-state index is 0.151. The Morgan fingerprint density at radius 3 is 2.72 bits per heavy atom. The molecule has 1 N–H and O–H groups in total. The quantitative estimate of drug-likeness (QED) is 0.424. The van der Waals surface area contributed by atoms with Gasteiger partial charge in [-0.05, 0) is 68.7 Å². The number of fused-ring (bicyclic) bond motifs is 2. The summed E-state index contributed by atoms with van der Waals surface area (Å²) in [6.07, 6.45) is 0.477. The van der Waals surface area contributed by atoms with E-state index in [4.69, 9.17) is 9.47 Å². The summed E-state index contributed by atoms with van der Waals surface area (Å²) in [4.78, 5) is 26.1. The third-order valence-electron chi connectivity index (χ3n) is 6.52. The first kappa shape index (κ1) is 23.6. The van der Waals surface area contributed by atoms with Crippen molar-refractivity contribution in [2.45, 2.75) is 46.7 Å². The van der Waals surface area contributed by atoms with Gasteiger partial charge in [0, 0.05) is 30.5 Å². The van der Waals surface area contributed by atoms with E-state index in [-0.39, 0.29) is 30.5 Å². The van der Waals surface area contributed by atoms with Gasteiger partial charge in [-0.25, -0.2) is 9.07 Å². The number of carbonyl (C=O) groups excluding carboxylic acids is 1. The summed E-state index contributed by atoms with van der Waals surface area (Å²) in [5, 5.41) is 8.38. The zero-order valence-electron chi connectivity index (χ0n) is 20.4. The third kappa shape index (κ3) is 4.21. The molecule has 186 valence electrons. The summed E-state index contributed by atoms with van der Waals surface area (Å²) in [7, 11) is 0. The van der Waals surface area contributed by atoms with Crippen molar-refractivity contribution in [3.8, 4) is 17.2 Å². The second kappa shape index (κ2) is 9.49. The van der Waals surface area contributed by atoms with Crippen molar-refractivity contribution >= 4 is 16.9 Å². The molecule has 0 fully saturated rings. The van der Waals surface area contributed by atoms with Crippen LogP contribution < -0.4 is 20.3 Å². The molecule has 3 heterocycles. The molecule has 0 unspecified atom stereocenters. The van der Waals surface area contributed by atoms with E-state index in [0.717, 1.165) is 22.2 Å². The van der Waals surface area contributed by atoms with E-state index in [2.05, 4.69) is 10.4 Å². The Balaban J connectivity index is 1.39. The van der Waals surface area contributed by atoms with Crippen LogP contribution in [0.2, 0.25) is 0 Å². The molecule has 0 aliphatic carbocycles. The van der Waals surface area contributed by atoms with E-state index in [1.54, 1.807) is 21.4 Å². The van der Waals surface area contributed by atoms with Gasteiger partial charge >= 0.3 is 0 Å². The molecular formula is C27H27FN4O4. The lowest BCUT2D eigenvalue weighted by atomic mass is 10.0. The molecule has 9 heteroatoms. The van der Waals surface area contributed by atoms with Crippen molar-refractivity contribution in [2.24, 2.45) is 0 Å². The number of ether oxygens (including phenoxy) is 2. The van der Waals surface area contributed by atoms with Crippen molar-refractivity contribution in [1.82, 2.24) is 19.7 Å². The summed E-state index contributed by atoms with van der Waals surface area (Å²) in [6.45, 7) is 6.61. The molecule has 0 saturated heterocycles. The molecule has 4 aromatic rings. The first-order valence-corrected chi connectivity index (χ1v) is 11.9. The fraction of sp³-hybridized carbons (Fsp3) is 0.296. The number of pyridine rings is 1. The number of hydrogen-bond donors (Lipinski definition) is 1. The fourth-order valence-electron chi connectivity index (χ4n) is 4.73. The molecule has 1 aliphatic heterocycles. The third-order valence-corrected chi connectivity index (χ3v) is 6.52. The number of halogens is 1. The van der Waals surface area contributed by atoms with E-state index in [0.29, 0.717) is 47.9 Å². The van der Waals surface area contributed by atoms with Gasteiger partial charge in [0.25, 0.3) is 5.56 Å². The monoisotopic (exact) mass is 490 g/mol. The Morgan fingerprint density at radius 2 is 1.94 bits per heavy atom. The Hall–Kier alpha value is -4.14. The zero-order valence-corrected chi connectivity index (χ0v) is 20.4. The van der Waals surface area contributed by atoms with E-state index in [9.17, 15) is 14.0 Å². The smallest absolute Gasteiger partial charge is 0.255 e. The van der Waals surface area contributed by atoms with Crippen LogP contribution in [0.4, 0.5) is 4.39 Å². The maximum absolute atomic E-state index is 13.9. The van der Waals surface area contributed by atoms with Gasteiger partial charge in [0.2, 0.25) is 12.7 Å². The molecule has 5 rings (SSSR count). The predicted octanol–water partition coefficient (Wildman–Crippen LogP) is 3.94. The van der Waals surface area contributed by atoms with Gasteiger partial charge in [0.1, 0.15) is 11.5 Å². The Bertz CT molecular complexity index is 1540. The van der Waals surface area contributed by atoms with Crippen LogP contribution in [0.5, 0.6) is 11.5 Å². The number of aryl methyl sites for hydroxylation is 3. The van der Waals surface area contributed by atoms with Gasteiger partial charge in [0.05, 0.1) is 11.4 Å². The van der Waals surface area contributed by atoms with E-state index in [1.807, 2.05) is 39.0 Å². The number of rotatable bonds is 7. The minimum Gasteiger partial charge on any atom is -0.454 e. The maximum atomic E-state index is 13.9. The van der Waals surface area contributed by atoms with Gasteiger partial charge in [-0.15, -0.1) is 0 Å². The van der Waals surface area contributed by atoms with Crippen LogP contribution in [0, 0.1) is 19.7 Å². The summed E-state index contributed by atoms with van der Waals surface area (Å²) in [5.41, 5.74) is 4.03. The van der Waals surface area contributed by atoms with Crippen molar-refractivity contribution in [1.29, 1.82) is 0 Å². The number of hydrogen-bond acceptors (Lipinski definition) is 5. The van der Waals surface area contributed by atoms with Gasteiger partial charge < -0.3 is 14.8 Å². The first-order chi connectivity index (χ1) is 17.4. The highest BCUT2D eigenvalue weighted by Gasteiger charge is 2.21. The highest BCUT2D eigenvalue weighted by Crippen LogP contribution is 2.32. The SMILES string of the molecule is CCn1c(=O)c(CCC(=O)NCc2ccc3c(c2)OCO3)c(C)c2c(C)nn(-c3cccc(F)c3)c21. The van der Waals surface area contributed by atoms with Gasteiger partial charge in [-0.1, -0.05) is 12.1 Å². The number of nitrogens with zero attached hydrogens (tertiary/aromatic N) is 3. The molecule has 1 amide bonds. The number of benzene rings is 2. The number of aromatic nitrogens is 3. The van der Waals surface area contributed by atoms with Crippen LogP contribution in [0.25, 0.3) is 16.7 Å². The van der Waals surface area contributed by atoms with Crippen molar-refractivity contribution in [2.75, 3.05) is 6.79 Å². The van der Waals surface area contributed by atoms with Crippen molar-refractivity contribution in [3.05, 3.63) is 81.0 Å². The fourth-order valence-corrected chi connectivity index (χ4v) is 4.73. The van der Waals surface area contributed by atoms with Gasteiger partial charge in [-0.3, -0.25) is 14.2 Å². The maximum Gasteiger partial charge on any atom is 0.255 e. The Labute approximate surface area is 207 Å². The molecule has 2 aromatic heterocycles. The molecule has 36 heavy (non-hydrogen) atoms. The number of nitrogens with one attached hydrogen (secondary N) is 1. The molecule has 0 radical (unpaired) electrons. The minimum atomic E-state index is -0.376. The van der Waals surface area contributed by atoms with Crippen LogP contribution >= 0.6 is 0 Å². The number of amides is 1. The molecule has 0 saturated carbocycles. The second-order valence-corrected chi connectivity index (χ2v) is 8.79.